The summed E-state index contributed by atoms with van der Waals surface area (Å²) >= 11 is 0. The Bertz CT molecular complexity index is 1040. The standard InChI is InChI=1S/C25H23N2/c26-14-16-27-15-2-1-8-22(27)13-12-20-17-21-7-3-5-18-10-11-19-6-4-9-23(20)25(19)24(18)21/h1-13,15,17,24-25H,14,16,26H2/q+1/b13-12+. The summed E-state index contributed by atoms with van der Waals surface area (Å²) in [6, 6.07) is 6.27. The number of pyridine rings is 1. The Morgan fingerprint density at radius 3 is 2.56 bits per heavy atom. The van der Waals surface area contributed by atoms with Gasteiger partial charge in [-0.15, -0.1) is 0 Å². The molecule has 2 unspecified atom stereocenters. The number of hydrogen-bond donors (Lipinski definition) is 1. The molecule has 0 fully saturated rings. The Morgan fingerprint density at radius 2 is 1.70 bits per heavy atom. The Kier molecular flexibility index (Phi) is 3.99. The molecule has 2 heteroatoms. The SMILES string of the molecule is NCC[n+]1ccccc1/C=C/C1=CC2=CC=CC3=CC=C4C=CC=C1C4C32. The van der Waals surface area contributed by atoms with E-state index in [1.165, 1.54) is 33.6 Å². The van der Waals surface area contributed by atoms with Crippen LogP contribution in [0.4, 0.5) is 0 Å². The van der Waals surface area contributed by atoms with Gasteiger partial charge in [0, 0.05) is 30.0 Å². The van der Waals surface area contributed by atoms with Crippen LogP contribution < -0.4 is 10.3 Å². The second kappa shape index (κ2) is 6.64. The second-order valence-corrected chi connectivity index (χ2v) is 7.34. The van der Waals surface area contributed by atoms with Crippen molar-refractivity contribution >= 4 is 6.08 Å². The molecule has 0 spiro atoms. The van der Waals surface area contributed by atoms with Crippen LogP contribution in [0.15, 0.2) is 113 Å². The van der Waals surface area contributed by atoms with Gasteiger partial charge in [-0.05, 0) is 40.0 Å². The molecule has 4 aliphatic rings. The predicted octanol–water partition coefficient (Wildman–Crippen LogP) is 3.98. The molecule has 132 valence electrons. The second-order valence-electron chi connectivity index (χ2n) is 7.34. The highest BCUT2D eigenvalue weighted by atomic mass is 15.0. The van der Waals surface area contributed by atoms with Crippen LogP contribution in [0.5, 0.6) is 0 Å². The first-order chi connectivity index (χ1) is 13.3. The topological polar surface area (TPSA) is 29.9 Å². The minimum absolute atomic E-state index is 0.433. The third-order valence-corrected chi connectivity index (χ3v) is 5.79. The molecule has 2 atom stereocenters. The van der Waals surface area contributed by atoms with Crippen LogP contribution in [0, 0.1) is 11.8 Å². The summed E-state index contributed by atoms with van der Waals surface area (Å²) in [7, 11) is 0. The molecule has 4 aliphatic carbocycles. The molecular formula is C25H23N2+. The van der Waals surface area contributed by atoms with Crippen molar-refractivity contribution in [1.29, 1.82) is 0 Å². The maximum atomic E-state index is 5.77. The van der Waals surface area contributed by atoms with Crippen LogP contribution in [0.1, 0.15) is 5.69 Å². The number of hydrogen-bond acceptors (Lipinski definition) is 1. The van der Waals surface area contributed by atoms with Gasteiger partial charge in [0.2, 0.25) is 5.69 Å². The van der Waals surface area contributed by atoms with E-state index in [1.807, 2.05) is 0 Å². The first-order valence-corrected chi connectivity index (χ1v) is 9.62. The van der Waals surface area contributed by atoms with E-state index in [1.54, 1.807) is 0 Å². The molecular weight excluding hydrogens is 328 g/mol. The first-order valence-electron chi connectivity index (χ1n) is 9.62. The van der Waals surface area contributed by atoms with Gasteiger partial charge in [-0.25, -0.2) is 0 Å². The molecule has 5 rings (SSSR count). The van der Waals surface area contributed by atoms with Gasteiger partial charge in [0.05, 0.1) is 6.54 Å². The molecule has 0 saturated heterocycles. The molecule has 0 radical (unpaired) electrons. The van der Waals surface area contributed by atoms with E-state index in [0.717, 1.165) is 6.54 Å². The fourth-order valence-electron chi connectivity index (χ4n) is 4.57. The largest absolute Gasteiger partial charge is 0.325 e. The van der Waals surface area contributed by atoms with E-state index in [0.29, 0.717) is 18.4 Å². The third kappa shape index (κ3) is 2.73. The minimum atomic E-state index is 0.433. The van der Waals surface area contributed by atoms with Crippen LogP contribution in [0.3, 0.4) is 0 Å². The number of allylic oxidation sites excluding steroid dienone is 15. The summed E-state index contributed by atoms with van der Waals surface area (Å²) in [6.07, 6.45) is 26.9. The van der Waals surface area contributed by atoms with E-state index in [2.05, 4.69) is 95.8 Å². The van der Waals surface area contributed by atoms with E-state index >= 15 is 0 Å². The van der Waals surface area contributed by atoms with Crippen molar-refractivity contribution < 1.29 is 4.57 Å². The van der Waals surface area contributed by atoms with E-state index in [-0.39, 0.29) is 0 Å². The van der Waals surface area contributed by atoms with Gasteiger partial charge in [-0.2, -0.15) is 4.57 Å². The monoisotopic (exact) mass is 351 g/mol. The molecule has 0 bridgehead atoms. The number of nitrogens with zero attached hydrogens (tertiary/aromatic N) is 1. The normalized spacial score (nSPS) is 24.7. The Hall–Kier alpha value is -2.97. The lowest BCUT2D eigenvalue weighted by atomic mass is 9.62. The maximum absolute atomic E-state index is 5.77. The summed E-state index contributed by atoms with van der Waals surface area (Å²) in [6.45, 7) is 1.47. The third-order valence-electron chi connectivity index (χ3n) is 5.79. The van der Waals surface area contributed by atoms with Crippen LogP contribution in [-0.4, -0.2) is 6.54 Å². The molecule has 0 aromatic carbocycles. The van der Waals surface area contributed by atoms with Crippen LogP contribution in [-0.2, 0) is 6.54 Å². The van der Waals surface area contributed by atoms with Gasteiger partial charge < -0.3 is 5.73 Å². The molecule has 0 aliphatic heterocycles. The summed E-state index contributed by atoms with van der Waals surface area (Å²) in [5.74, 6) is 0.894. The highest BCUT2D eigenvalue weighted by Crippen LogP contribution is 2.50. The van der Waals surface area contributed by atoms with E-state index < -0.39 is 0 Å². The number of rotatable bonds is 4. The maximum Gasteiger partial charge on any atom is 0.205 e. The van der Waals surface area contributed by atoms with Gasteiger partial charge in [-0.3, -0.25) is 0 Å². The van der Waals surface area contributed by atoms with Crippen LogP contribution >= 0.6 is 0 Å². The lowest BCUT2D eigenvalue weighted by molar-refractivity contribution is -0.696. The minimum Gasteiger partial charge on any atom is -0.325 e. The first kappa shape index (κ1) is 16.2. The van der Waals surface area contributed by atoms with Crippen LogP contribution in [0.25, 0.3) is 6.08 Å². The van der Waals surface area contributed by atoms with Gasteiger partial charge in [0.15, 0.2) is 12.7 Å². The Morgan fingerprint density at radius 1 is 0.889 bits per heavy atom. The van der Waals surface area contributed by atoms with Crippen molar-refractivity contribution in [2.45, 2.75) is 6.54 Å². The summed E-state index contributed by atoms with van der Waals surface area (Å²) in [5.41, 5.74) is 13.9. The zero-order valence-electron chi connectivity index (χ0n) is 15.3. The predicted molar refractivity (Wildman–Crippen MR) is 110 cm³/mol. The molecule has 2 nitrogen and oxygen atoms in total. The molecule has 1 aromatic heterocycles. The van der Waals surface area contributed by atoms with Crippen molar-refractivity contribution in [3.63, 3.8) is 0 Å². The zero-order valence-corrected chi connectivity index (χ0v) is 15.3. The number of nitrogens with two attached hydrogens (primary N) is 1. The van der Waals surface area contributed by atoms with Crippen molar-refractivity contribution in [2.75, 3.05) is 6.54 Å². The Labute approximate surface area is 160 Å². The van der Waals surface area contributed by atoms with Crippen molar-refractivity contribution in [1.82, 2.24) is 0 Å². The van der Waals surface area contributed by atoms with Crippen molar-refractivity contribution in [2.24, 2.45) is 17.6 Å². The van der Waals surface area contributed by atoms with Gasteiger partial charge in [0.25, 0.3) is 0 Å². The fraction of sp³-hybridized carbons (Fsp3) is 0.160. The lowest BCUT2D eigenvalue weighted by Crippen LogP contribution is -2.39. The van der Waals surface area contributed by atoms with Gasteiger partial charge in [-0.1, -0.05) is 54.7 Å². The smallest absolute Gasteiger partial charge is 0.205 e. The van der Waals surface area contributed by atoms with Gasteiger partial charge >= 0.3 is 0 Å². The molecule has 27 heavy (non-hydrogen) atoms. The average Bonchev–Trinajstić information content (AvgIpc) is 2.72. The van der Waals surface area contributed by atoms with Crippen LogP contribution in [0.2, 0.25) is 0 Å². The highest BCUT2D eigenvalue weighted by molar-refractivity contribution is 5.66. The molecule has 0 amide bonds. The number of aromatic nitrogens is 1. The Balaban J connectivity index is 1.58. The van der Waals surface area contributed by atoms with Crippen molar-refractivity contribution in [3.05, 3.63) is 119 Å². The molecule has 0 saturated carbocycles. The molecule has 1 heterocycles. The molecule has 1 aromatic rings. The van der Waals surface area contributed by atoms with Gasteiger partial charge in [0.1, 0.15) is 0 Å². The van der Waals surface area contributed by atoms with E-state index in [9.17, 15) is 0 Å². The summed E-state index contributed by atoms with van der Waals surface area (Å²) < 4.78 is 2.20. The molecule has 2 N–H and O–H groups in total. The lowest BCUT2D eigenvalue weighted by Gasteiger charge is -2.41. The van der Waals surface area contributed by atoms with Crippen molar-refractivity contribution in [3.8, 4) is 0 Å². The van der Waals surface area contributed by atoms with E-state index in [4.69, 9.17) is 5.73 Å². The zero-order chi connectivity index (χ0) is 18.2. The summed E-state index contributed by atoms with van der Waals surface area (Å²) in [4.78, 5) is 0. The highest BCUT2D eigenvalue weighted by Gasteiger charge is 2.38. The quantitative estimate of drug-likeness (QED) is 0.817. The summed E-state index contributed by atoms with van der Waals surface area (Å²) in [5, 5.41) is 0. The average molecular weight is 351 g/mol. The fourth-order valence-corrected chi connectivity index (χ4v) is 4.57.